The number of aromatic nitrogens is 3. The Balaban J connectivity index is 1.63. The maximum absolute atomic E-state index is 12.7. The summed E-state index contributed by atoms with van der Waals surface area (Å²) in [5, 5.41) is 6.31. The van der Waals surface area contributed by atoms with Crippen LogP contribution < -0.4 is 10.6 Å². The number of hydrogen-bond acceptors (Lipinski definition) is 6. The predicted molar refractivity (Wildman–Crippen MR) is 92.5 cm³/mol. The minimum Gasteiger partial charge on any atom is -0.497 e. The Bertz CT molecular complexity index is 805. The van der Waals surface area contributed by atoms with Crippen LogP contribution in [0, 0.1) is 0 Å². The zero-order chi connectivity index (χ0) is 19.6. The largest absolute Gasteiger partial charge is 0.497 e. The van der Waals surface area contributed by atoms with Crippen molar-refractivity contribution in [3.63, 3.8) is 0 Å². The van der Waals surface area contributed by atoms with Crippen molar-refractivity contribution in [1.29, 1.82) is 0 Å². The van der Waals surface area contributed by atoms with Gasteiger partial charge in [0.2, 0.25) is 11.1 Å². The first-order valence-electron chi connectivity index (χ1n) is 8.12. The molecule has 11 heteroatoms. The number of nitrogens with two attached hydrogens (primary N) is 1. The van der Waals surface area contributed by atoms with E-state index in [1.165, 1.54) is 0 Å². The maximum atomic E-state index is 12.7. The van der Waals surface area contributed by atoms with Gasteiger partial charge in [-0.15, -0.1) is 10.2 Å². The first-order chi connectivity index (χ1) is 12.8. The molecule has 1 aliphatic carbocycles. The minimum atomic E-state index is -4.70. The van der Waals surface area contributed by atoms with Crippen LogP contribution in [-0.2, 0) is 17.5 Å². The molecule has 1 heterocycles. The average molecular weight is 401 g/mol. The van der Waals surface area contributed by atoms with Gasteiger partial charge in [0.25, 0.3) is 5.82 Å². The quantitative estimate of drug-likeness (QED) is 0.566. The number of carbonyl (C=O) groups excluding carboxylic acids is 1. The number of methoxy groups -OCH3 is 1. The van der Waals surface area contributed by atoms with E-state index in [1.807, 2.05) is 24.3 Å². The molecule has 1 fully saturated rings. The fraction of sp³-hybridized carbons (Fsp3) is 0.438. The lowest BCUT2D eigenvalue weighted by Crippen LogP contribution is -2.34. The van der Waals surface area contributed by atoms with Crippen LogP contribution in [-0.4, -0.2) is 44.6 Å². The highest BCUT2D eigenvalue weighted by Gasteiger charge is 2.38. The fourth-order valence-electron chi connectivity index (χ4n) is 2.51. The molecule has 0 atom stereocenters. The van der Waals surface area contributed by atoms with Crippen LogP contribution in [0.15, 0.2) is 29.4 Å². The van der Waals surface area contributed by atoms with E-state index in [0.717, 1.165) is 35.9 Å². The summed E-state index contributed by atoms with van der Waals surface area (Å²) < 4.78 is 43.6. The van der Waals surface area contributed by atoms with Gasteiger partial charge >= 0.3 is 6.18 Å². The van der Waals surface area contributed by atoms with E-state index in [9.17, 15) is 18.0 Å². The molecule has 27 heavy (non-hydrogen) atoms. The highest BCUT2D eigenvalue weighted by molar-refractivity contribution is 7.99. The number of thioether (sulfide) groups is 1. The van der Waals surface area contributed by atoms with Crippen molar-refractivity contribution in [3.05, 3.63) is 35.7 Å². The van der Waals surface area contributed by atoms with Gasteiger partial charge in [-0.2, -0.15) is 13.2 Å². The molecule has 0 saturated heterocycles. The number of halogens is 3. The van der Waals surface area contributed by atoms with E-state index in [1.54, 1.807) is 12.0 Å². The normalized spacial score (nSPS) is 14.2. The third-order valence-electron chi connectivity index (χ3n) is 4.06. The lowest BCUT2D eigenvalue weighted by Gasteiger charge is -2.22. The van der Waals surface area contributed by atoms with Crippen LogP contribution >= 0.6 is 11.8 Å². The van der Waals surface area contributed by atoms with Gasteiger partial charge in [0, 0.05) is 12.6 Å². The Morgan fingerprint density at radius 3 is 2.52 bits per heavy atom. The van der Waals surface area contributed by atoms with Crippen molar-refractivity contribution in [2.24, 2.45) is 0 Å². The molecular formula is C16H18F3N5O2S. The van der Waals surface area contributed by atoms with Gasteiger partial charge in [-0.1, -0.05) is 23.9 Å². The van der Waals surface area contributed by atoms with Crippen LogP contribution in [0.1, 0.15) is 24.2 Å². The van der Waals surface area contributed by atoms with E-state index in [0.29, 0.717) is 11.2 Å². The predicted octanol–water partition coefficient (Wildman–Crippen LogP) is 2.30. The zero-order valence-electron chi connectivity index (χ0n) is 14.4. The van der Waals surface area contributed by atoms with Gasteiger partial charge in [-0.05, 0) is 30.5 Å². The zero-order valence-corrected chi connectivity index (χ0v) is 15.3. The van der Waals surface area contributed by atoms with Crippen molar-refractivity contribution in [2.75, 3.05) is 18.7 Å². The molecule has 1 amide bonds. The smallest absolute Gasteiger partial charge is 0.453 e. The molecule has 0 radical (unpaired) electrons. The Labute approximate surface area is 157 Å². The van der Waals surface area contributed by atoms with Crippen LogP contribution in [0.5, 0.6) is 5.75 Å². The van der Waals surface area contributed by atoms with Gasteiger partial charge < -0.3 is 15.5 Å². The summed E-state index contributed by atoms with van der Waals surface area (Å²) in [4.78, 5) is 14.3. The highest BCUT2D eigenvalue weighted by atomic mass is 32.2. The van der Waals surface area contributed by atoms with Gasteiger partial charge in [-0.3, -0.25) is 4.79 Å². The van der Waals surface area contributed by atoms with Crippen LogP contribution in [0.3, 0.4) is 0 Å². The monoisotopic (exact) mass is 401 g/mol. The Morgan fingerprint density at radius 2 is 2.00 bits per heavy atom. The molecule has 3 rings (SSSR count). The summed E-state index contributed by atoms with van der Waals surface area (Å²) in [6.07, 6.45) is -2.87. The van der Waals surface area contributed by atoms with Crippen molar-refractivity contribution in [3.8, 4) is 5.75 Å². The number of amides is 1. The second-order valence-corrected chi connectivity index (χ2v) is 7.01. The van der Waals surface area contributed by atoms with Crippen LogP contribution in [0.25, 0.3) is 0 Å². The lowest BCUT2D eigenvalue weighted by molar-refractivity contribution is -0.146. The highest BCUT2D eigenvalue weighted by Crippen LogP contribution is 2.31. The average Bonchev–Trinajstić information content (AvgIpc) is 3.39. The fourth-order valence-corrected chi connectivity index (χ4v) is 3.26. The molecule has 1 aromatic heterocycles. The number of benzene rings is 1. The van der Waals surface area contributed by atoms with Crippen LogP contribution in [0.2, 0.25) is 0 Å². The van der Waals surface area contributed by atoms with E-state index >= 15 is 0 Å². The molecule has 0 unspecified atom stereocenters. The number of rotatable bonds is 7. The van der Waals surface area contributed by atoms with E-state index in [2.05, 4.69) is 10.2 Å². The number of carbonyl (C=O) groups is 1. The van der Waals surface area contributed by atoms with E-state index in [4.69, 9.17) is 10.6 Å². The summed E-state index contributed by atoms with van der Waals surface area (Å²) in [6, 6.07) is 7.54. The van der Waals surface area contributed by atoms with E-state index < -0.39 is 12.0 Å². The van der Waals surface area contributed by atoms with Gasteiger partial charge in [0.1, 0.15) is 5.75 Å². The van der Waals surface area contributed by atoms with Crippen molar-refractivity contribution in [1.82, 2.24) is 19.8 Å². The van der Waals surface area contributed by atoms with Crippen LogP contribution in [0.4, 0.5) is 13.2 Å². The molecule has 1 aromatic carbocycles. The summed E-state index contributed by atoms with van der Waals surface area (Å²) in [6.45, 7) is 0.428. The topological polar surface area (TPSA) is 86.3 Å². The van der Waals surface area contributed by atoms with E-state index in [-0.39, 0.29) is 22.9 Å². The van der Waals surface area contributed by atoms with Crippen molar-refractivity contribution < 1.29 is 22.7 Å². The molecule has 146 valence electrons. The molecule has 2 N–H and O–H groups in total. The third-order valence-corrected chi connectivity index (χ3v) is 4.99. The molecule has 0 spiro atoms. The molecule has 0 bridgehead atoms. The lowest BCUT2D eigenvalue weighted by atomic mass is 10.2. The van der Waals surface area contributed by atoms with Gasteiger partial charge in [0.15, 0.2) is 0 Å². The first kappa shape index (κ1) is 19.3. The van der Waals surface area contributed by atoms with Gasteiger partial charge in [-0.25, -0.2) is 4.68 Å². The maximum Gasteiger partial charge on any atom is 0.453 e. The molecule has 1 saturated carbocycles. The Hall–Kier alpha value is -2.43. The Kier molecular flexibility index (Phi) is 5.49. The number of nitrogens with zero attached hydrogens (tertiary/aromatic N) is 4. The number of alkyl halides is 3. The molecule has 2 aromatic rings. The molecular weight excluding hydrogens is 383 g/mol. The van der Waals surface area contributed by atoms with Crippen molar-refractivity contribution >= 4 is 17.7 Å². The van der Waals surface area contributed by atoms with Crippen molar-refractivity contribution in [2.45, 2.75) is 36.8 Å². The molecule has 1 aliphatic rings. The number of ether oxygens (including phenoxy) is 1. The number of nitrogen functional groups attached to an aromatic ring is 1. The summed E-state index contributed by atoms with van der Waals surface area (Å²) in [5.41, 5.74) is 0.947. The number of hydrogen-bond donors (Lipinski definition) is 1. The second-order valence-electron chi connectivity index (χ2n) is 6.06. The standard InChI is InChI=1S/C16H18F3N5O2S/c1-26-12-6-2-10(3-7-12)8-23(11-4-5-11)13(25)9-27-15-22-21-14(24(15)20)16(17,18)19/h2-3,6-7,11H,4-5,8-9,20H2,1H3. The molecule has 7 nitrogen and oxygen atoms in total. The SMILES string of the molecule is COc1ccc(CN(C(=O)CSc2nnc(C(F)(F)F)n2N)C2CC2)cc1. The minimum absolute atomic E-state index is 0.0696. The summed E-state index contributed by atoms with van der Waals surface area (Å²) in [7, 11) is 1.58. The summed E-state index contributed by atoms with van der Waals surface area (Å²) in [5.74, 6) is 4.56. The first-order valence-corrected chi connectivity index (χ1v) is 9.11. The summed E-state index contributed by atoms with van der Waals surface area (Å²) >= 11 is 0.835. The Morgan fingerprint density at radius 1 is 1.33 bits per heavy atom. The third kappa shape index (κ3) is 4.65. The van der Waals surface area contributed by atoms with Gasteiger partial charge in [0.05, 0.1) is 12.9 Å². The molecule has 0 aliphatic heterocycles. The second kappa shape index (κ2) is 7.67.